The van der Waals surface area contributed by atoms with E-state index in [0.717, 1.165) is 72.7 Å². The predicted molar refractivity (Wildman–Crippen MR) is 242 cm³/mol. The topological polar surface area (TPSA) is 31.0 Å². The first-order valence-corrected chi connectivity index (χ1v) is 20.1. The molecule has 0 fully saturated rings. The molecule has 0 saturated carbocycles. The van der Waals surface area contributed by atoms with Crippen molar-refractivity contribution in [3.63, 3.8) is 0 Å². The number of rotatable bonds is 3. The SMILES string of the molecule is [C-]#[N+]c1ccc2c(c1)Oc1cc(-c3cccc(-n4c5ccccc5c5cc6c(cc54)N(c4ccccc4)c4ccccc4C6(C)C)c3)cc3c1B2c1ccc(C)cc1O3. The summed E-state index contributed by atoms with van der Waals surface area (Å²) >= 11 is 0. The van der Waals surface area contributed by atoms with Crippen LogP contribution in [0.15, 0.2) is 164 Å². The average molecular weight is 758 g/mol. The maximum atomic E-state index is 7.70. The van der Waals surface area contributed by atoms with Crippen LogP contribution >= 0.6 is 0 Å². The number of ether oxygens (including phenoxy) is 2. The van der Waals surface area contributed by atoms with E-state index in [2.05, 4.69) is 181 Å². The van der Waals surface area contributed by atoms with Crippen molar-refractivity contribution in [2.24, 2.45) is 0 Å². The van der Waals surface area contributed by atoms with Crippen molar-refractivity contribution in [1.82, 2.24) is 4.57 Å². The van der Waals surface area contributed by atoms with Crippen molar-refractivity contribution < 1.29 is 9.47 Å². The van der Waals surface area contributed by atoms with Crippen LogP contribution in [0.25, 0.3) is 43.5 Å². The van der Waals surface area contributed by atoms with E-state index in [1.54, 1.807) is 0 Å². The summed E-state index contributed by atoms with van der Waals surface area (Å²) in [5, 5.41) is 2.44. The van der Waals surface area contributed by atoms with Gasteiger partial charge in [0.2, 0.25) is 0 Å². The molecular formula is C53H36BN3O2. The summed E-state index contributed by atoms with van der Waals surface area (Å²) in [6.07, 6.45) is 0. The predicted octanol–water partition coefficient (Wildman–Crippen LogP) is 12.1. The van der Waals surface area contributed by atoms with Crippen LogP contribution in [0.5, 0.6) is 23.0 Å². The first-order valence-electron chi connectivity index (χ1n) is 20.1. The molecular weight excluding hydrogens is 721 g/mol. The standard InChI is InChI=1S/C53H36BN3O2/c1-32-21-23-42-48(25-32)58-50-27-34(28-51-52(50)54(42)43-24-22-35(55-4)29-49(43)59-51)33-13-12-16-37(26-33)57-44-19-10-8-17-38(44)39-30-41-47(31-46(39)57)56(36-14-6-5-7-15-36)45-20-11-9-18-40(45)53(41,2)3/h5-31H,1-3H3. The third-order valence-corrected chi connectivity index (χ3v) is 12.7. The molecule has 12 rings (SSSR count). The van der Waals surface area contributed by atoms with Gasteiger partial charge in [-0.25, -0.2) is 4.85 Å². The molecule has 0 aliphatic carbocycles. The molecule has 0 N–H and O–H groups in total. The van der Waals surface area contributed by atoms with Gasteiger partial charge in [0.15, 0.2) is 5.69 Å². The summed E-state index contributed by atoms with van der Waals surface area (Å²) < 4.78 is 15.9. The number of nitrogens with zero attached hydrogens (tertiary/aromatic N) is 3. The van der Waals surface area contributed by atoms with Crippen LogP contribution in [-0.4, -0.2) is 11.3 Å². The second-order valence-electron chi connectivity index (χ2n) is 16.5. The molecule has 9 aromatic rings. The van der Waals surface area contributed by atoms with E-state index in [9.17, 15) is 0 Å². The van der Waals surface area contributed by atoms with Crippen LogP contribution in [0.3, 0.4) is 0 Å². The van der Waals surface area contributed by atoms with E-state index in [4.69, 9.17) is 16.0 Å². The van der Waals surface area contributed by atoms with E-state index in [1.807, 2.05) is 18.2 Å². The Morgan fingerprint density at radius 1 is 0.542 bits per heavy atom. The Morgan fingerprint density at radius 2 is 1.25 bits per heavy atom. The highest BCUT2D eigenvalue weighted by Gasteiger charge is 2.41. The number of aromatic nitrogens is 1. The molecule has 0 radical (unpaired) electrons. The van der Waals surface area contributed by atoms with Crippen LogP contribution in [0.4, 0.5) is 22.7 Å². The van der Waals surface area contributed by atoms with Gasteiger partial charge in [-0.1, -0.05) is 105 Å². The first-order chi connectivity index (χ1) is 28.9. The molecule has 4 heterocycles. The minimum atomic E-state index is -0.221. The number of anilines is 3. The fourth-order valence-electron chi connectivity index (χ4n) is 9.94. The molecule has 59 heavy (non-hydrogen) atoms. The lowest BCUT2D eigenvalue weighted by molar-refractivity contribution is 0.465. The molecule has 1 aromatic heterocycles. The number of aryl methyl sites for hydroxylation is 1. The first kappa shape index (κ1) is 33.6. The van der Waals surface area contributed by atoms with Crippen molar-refractivity contribution in [1.29, 1.82) is 0 Å². The Bertz CT molecular complexity index is 3300. The minimum absolute atomic E-state index is 0.0656. The zero-order valence-corrected chi connectivity index (χ0v) is 32.8. The minimum Gasteiger partial charge on any atom is -0.460 e. The third kappa shape index (κ3) is 4.85. The molecule has 0 saturated heterocycles. The maximum Gasteiger partial charge on any atom is 0.260 e. The van der Waals surface area contributed by atoms with Gasteiger partial charge >= 0.3 is 0 Å². The van der Waals surface area contributed by atoms with Crippen molar-refractivity contribution in [3.05, 3.63) is 192 Å². The third-order valence-electron chi connectivity index (χ3n) is 12.7. The van der Waals surface area contributed by atoms with Crippen LogP contribution < -0.4 is 30.8 Å². The zero-order valence-electron chi connectivity index (χ0n) is 32.8. The Balaban J connectivity index is 1.05. The van der Waals surface area contributed by atoms with E-state index in [-0.39, 0.29) is 12.1 Å². The molecule has 5 nitrogen and oxygen atoms in total. The summed E-state index contributed by atoms with van der Waals surface area (Å²) in [5.74, 6) is 3.11. The number of hydrogen-bond donors (Lipinski definition) is 0. The number of benzene rings is 8. The number of para-hydroxylation sites is 3. The van der Waals surface area contributed by atoms with Crippen LogP contribution in [0, 0.1) is 13.5 Å². The Hall–Kier alpha value is -7.49. The van der Waals surface area contributed by atoms with E-state index < -0.39 is 0 Å². The molecule has 0 atom stereocenters. The summed E-state index contributed by atoms with van der Waals surface area (Å²) in [6, 6.07) is 58.4. The molecule has 0 amide bonds. The number of hydrogen-bond acceptors (Lipinski definition) is 3. The van der Waals surface area contributed by atoms with E-state index >= 15 is 0 Å². The van der Waals surface area contributed by atoms with Crippen LogP contribution in [0.2, 0.25) is 0 Å². The lowest BCUT2D eigenvalue weighted by Gasteiger charge is -2.42. The molecule has 0 bridgehead atoms. The Kier molecular flexibility index (Phi) is 6.99. The van der Waals surface area contributed by atoms with Crippen molar-refractivity contribution >= 4 is 67.7 Å². The van der Waals surface area contributed by atoms with Gasteiger partial charge in [-0.05, 0) is 118 Å². The Labute approximate surface area is 343 Å². The molecule has 0 unspecified atom stereocenters. The normalized spacial score (nSPS) is 14.0. The zero-order chi connectivity index (χ0) is 39.6. The van der Waals surface area contributed by atoms with Gasteiger partial charge < -0.3 is 18.9 Å². The molecule has 6 heteroatoms. The maximum absolute atomic E-state index is 7.70. The fourth-order valence-corrected chi connectivity index (χ4v) is 9.94. The summed E-state index contributed by atoms with van der Waals surface area (Å²) in [5.41, 5.74) is 16.2. The van der Waals surface area contributed by atoms with Crippen molar-refractivity contribution in [2.45, 2.75) is 26.2 Å². The molecule has 8 aromatic carbocycles. The largest absolute Gasteiger partial charge is 0.460 e. The van der Waals surface area contributed by atoms with Gasteiger partial charge in [-0.15, -0.1) is 0 Å². The van der Waals surface area contributed by atoms with Crippen molar-refractivity contribution in [2.75, 3.05) is 4.90 Å². The second-order valence-corrected chi connectivity index (χ2v) is 16.5. The summed E-state index contributed by atoms with van der Waals surface area (Å²) in [4.78, 5) is 6.15. The van der Waals surface area contributed by atoms with Crippen LogP contribution in [-0.2, 0) is 5.41 Å². The van der Waals surface area contributed by atoms with E-state index in [1.165, 1.54) is 33.3 Å². The van der Waals surface area contributed by atoms with Gasteiger partial charge in [0.25, 0.3) is 6.71 Å². The van der Waals surface area contributed by atoms with Crippen LogP contribution in [0.1, 0.15) is 30.5 Å². The quantitative estimate of drug-likeness (QED) is 0.133. The monoisotopic (exact) mass is 757 g/mol. The van der Waals surface area contributed by atoms with Gasteiger partial charge in [0.1, 0.15) is 23.0 Å². The summed E-state index contributed by atoms with van der Waals surface area (Å²) in [6.45, 7) is 14.4. The lowest BCUT2D eigenvalue weighted by Crippen LogP contribution is -2.57. The van der Waals surface area contributed by atoms with Gasteiger partial charge in [0.05, 0.1) is 29.0 Å². The average Bonchev–Trinajstić information content (AvgIpc) is 3.59. The highest BCUT2D eigenvalue weighted by Crippen LogP contribution is 2.53. The fraction of sp³-hybridized carbons (Fsp3) is 0.0755. The highest BCUT2D eigenvalue weighted by atomic mass is 16.5. The number of fused-ring (bicyclic) bond motifs is 9. The van der Waals surface area contributed by atoms with Gasteiger partial charge in [-0.3, -0.25) is 0 Å². The van der Waals surface area contributed by atoms with Crippen molar-refractivity contribution in [3.8, 4) is 39.8 Å². The second kappa shape index (κ2) is 12.3. The van der Waals surface area contributed by atoms with Gasteiger partial charge in [0, 0.05) is 33.0 Å². The Morgan fingerprint density at radius 3 is 2.07 bits per heavy atom. The molecule has 3 aliphatic rings. The molecule has 3 aliphatic heterocycles. The van der Waals surface area contributed by atoms with Gasteiger partial charge in [-0.2, -0.15) is 0 Å². The molecule has 0 spiro atoms. The highest BCUT2D eigenvalue weighted by molar-refractivity contribution is 6.98. The summed E-state index contributed by atoms with van der Waals surface area (Å²) in [7, 11) is 0. The molecule has 278 valence electrons. The smallest absolute Gasteiger partial charge is 0.260 e. The van der Waals surface area contributed by atoms with E-state index in [0.29, 0.717) is 11.4 Å². The lowest BCUT2D eigenvalue weighted by atomic mass is 9.35.